The Morgan fingerprint density at radius 3 is 2.87 bits per heavy atom. The molecule has 0 atom stereocenters. The van der Waals surface area contributed by atoms with Gasteiger partial charge in [-0.3, -0.25) is 4.79 Å². The smallest absolute Gasteiger partial charge is 0.260 e. The molecule has 1 aromatic heterocycles. The average molecular weight is 331 g/mol. The van der Waals surface area contributed by atoms with E-state index in [0.29, 0.717) is 22.6 Å². The number of nitrogens with one attached hydrogen (secondary N) is 1. The highest BCUT2D eigenvalue weighted by molar-refractivity contribution is 6.31. The van der Waals surface area contributed by atoms with Crippen molar-refractivity contribution in [3.63, 3.8) is 0 Å². The van der Waals surface area contributed by atoms with Crippen molar-refractivity contribution in [1.29, 1.82) is 0 Å². The molecule has 3 aromatic rings. The monoisotopic (exact) mass is 330 g/mol. The molecule has 0 aliphatic carbocycles. The van der Waals surface area contributed by atoms with E-state index in [9.17, 15) is 4.79 Å². The van der Waals surface area contributed by atoms with Crippen LogP contribution in [0.1, 0.15) is 5.56 Å². The number of benzene rings is 2. The first-order valence-electron chi connectivity index (χ1n) is 7.17. The number of carbonyl (C=O) groups excluding carboxylic acids is 1. The number of halogens is 1. The zero-order chi connectivity index (χ0) is 16.1. The molecule has 1 N–H and O–H groups in total. The van der Waals surface area contributed by atoms with E-state index >= 15 is 0 Å². The van der Waals surface area contributed by atoms with Crippen LogP contribution in [0.5, 0.6) is 0 Å². The second-order valence-electron chi connectivity index (χ2n) is 4.95. The van der Waals surface area contributed by atoms with Crippen molar-refractivity contribution in [2.75, 3.05) is 13.2 Å². The number of rotatable bonds is 6. The van der Waals surface area contributed by atoms with Crippen LogP contribution < -0.4 is 10.2 Å². The highest BCUT2D eigenvalue weighted by Gasteiger charge is 2.08. The number of fused-ring (bicyclic) bond motifs is 1. The zero-order valence-electron chi connectivity index (χ0n) is 12.3. The van der Waals surface area contributed by atoms with E-state index in [1.54, 1.807) is 18.2 Å². The van der Waals surface area contributed by atoms with Gasteiger partial charge in [-0.15, -0.1) is 5.10 Å². The third kappa shape index (κ3) is 3.98. The summed E-state index contributed by atoms with van der Waals surface area (Å²) in [5, 5.41) is 11.1. The van der Waals surface area contributed by atoms with Gasteiger partial charge in [0.25, 0.3) is 5.91 Å². The van der Waals surface area contributed by atoms with Crippen LogP contribution in [-0.2, 0) is 11.2 Å². The summed E-state index contributed by atoms with van der Waals surface area (Å²) in [6.07, 6.45) is 0.772. The summed E-state index contributed by atoms with van der Waals surface area (Å²) >= 11 is 5.93. The zero-order valence-corrected chi connectivity index (χ0v) is 13.0. The molecule has 1 heterocycles. The lowest BCUT2D eigenvalue weighted by Crippen LogP contribution is -2.33. The highest BCUT2D eigenvalue weighted by Crippen LogP contribution is 2.16. The van der Waals surface area contributed by atoms with E-state index in [1.165, 1.54) is 10.4 Å². The summed E-state index contributed by atoms with van der Waals surface area (Å²) in [5.41, 5.74) is 2.44. The first-order valence-corrected chi connectivity index (χ1v) is 7.55. The first-order chi connectivity index (χ1) is 11.2. The number of hydrogen-bond donors (Lipinski definition) is 1. The normalized spacial score (nSPS) is 10.7. The molecule has 0 bridgehead atoms. The van der Waals surface area contributed by atoms with E-state index in [4.69, 9.17) is 16.4 Å². The summed E-state index contributed by atoms with van der Waals surface area (Å²) < 4.78 is 0. The van der Waals surface area contributed by atoms with Gasteiger partial charge in [0, 0.05) is 11.6 Å². The molecule has 118 valence electrons. The van der Waals surface area contributed by atoms with Crippen molar-refractivity contribution < 1.29 is 9.63 Å². The van der Waals surface area contributed by atoms with Gasteiger partial charge in [-0.2, -0.15) is 0 Å². The maximum Gasteiger partial charge on any atom is 0.260 e. The van der Waals surface area contributed by atoms with E-state index < -0.39 is 0 Å². The van der Waals surface area contributed by atoms with Gasteiger partial charge in [0.2, 0.25) is 0 Å². The topological polar surface area (TPSA) is 69.0 Å². The van der Waals surface area contributed by atoms with Crippen LogP contribution in [0.25, 0.3) is 11.0 Å². The Morgan fingerprint density at radius 1 is 1.22 bits per heavy atom. The van der Waals surface area contributed by atoms with Crippen LogP contribution in [0.15, 0.2) is 48.5 Å². The van der Waals surface area contributed by atoms with Crippen LogP contribution in [0.4, 0.5) is 0 Å². The molecule has 0 aliphatic rings. The Morgan fingerprint density at radius 2 is 2.04 bits per heavy atom. The molecule has 0 saturated carbocycles. The third-order valence-electron chi connectivity index (χ3n) is 3.27. The summed E-state index contributed by atoms with van der Waals surface area (Å²) in [5.74, 6) is -0.216. The molecule has 0 radical (unpaired) electrons. The molecular weight excluding hydrogens is 316 g/mol. The highest BCUT2D eigenvalue weighted by atomic mass is 35.5. The summed E-state index contributed by atoms with van der Waals surface area (Å²) in [7, 11) is 0. The molecular formula is C16H15ClN4O2. The predicted molar refractivity (Wildman–Crippen MR) is 87.1 cm³/mol. The van der Waals surface area contributed by atoms with Gasteiger partial charge in [-0.05, 0) is 35.4 Å². The minimum absolute atomic E-state index is 0.139. The molecule has 3 rings (SSSR count). The van der Waals surface area contributed by atoms with E-state index in [-0.39, 0.29) is 12.5 Å². The molecule has 0 fully saturated rings. The van der Waals surface area contributed by atoms with Gasteiger partial charge in [0.1, 0.15) is 11.0 Å². The van der Waals surface area contributed by atoms with Gasteiger partial charge in [0.05, 0.1) is 0 Å². The summed E-state index contributed by atoms with van der Waals surface area (Å²) in [6, 6.07) is 15.1. The Hall–Kier alpha value is -2.60. The van der Waals surface area contributed by atoms with Crippen LogP contribution in [0, 0.1) is 0 Å². The van der Waals surface area contributed by atoms with Crippen molar-refractivity contribution in [1.82, 2.24) is 20.5 Å². The number of amides is 1. The molecule has 0 unspecified atom stereocenters. The molecule has 2 aromatic carbocycles. The maximum absolute atomic E-state index is 11.8. The van der Waals surface area contributed by atoms with E-state index in [0.717, 1.165) is 6.42 Å². The van der Waals surface area contributed by atoms with Crippen LogP contribution in [0.2, 0.25) is 5.02 Å². The average Bonchev–Trinajstić information content (AvgIpc) is 2.96. The SMILES string of the molecule is O=C(COn1nnc2ccc(Cl)cc21)NCCc1ccccc1. The molecule has 0 spiro atoms. The van der Waals surface area contributed by atoms with Crippen molar-refractivity contribution in [2.24, 2.45) is 0 Å². The Kier molecular flexibility index (Phi) is 4.73. The van der Waals surface area contributed by atoms with Crippen LogP contribution in [0.3, 0.4) is 0 Å². The van der Waals surface area contributed by atoms with Crippen molar-refractivity contribution in [3.05, 3.63) is 59.1 Å². The van der Waals surface area contributed by atoms with E-state index in [2.05, 4.69) is 15.6 Å². The van der Waals surface area contributed by atoms with Gasteiger partial charge in [0.15, 0.2) is 6.61 Å². The molecule has 0 aliphatic heterocycles. The Bertz CT molecular complexity index is 804. The Labute approximate surface area is 138 Å². The lowest BCUT2D eigenvalue weighted by molar-refractivity contribution is -0.126. The van der Waals surface area contributed by atoms with E-state index in [1.807, 2.05) is 30.3 Å². The second-order valence-corrected chi connectivity index (χ2v) is 5.39. The molecule has 6 nitrogen and oxygen atoms in total. The van der Waals surface area contributed by atoms with Crippen molar-refractivity contribution >= 4 is 28.5 Å². The molecule has 1 amide bonds. The predicted octanol–water partition coefficient (Wildman–Crippen LogP) is 1.87. The van der Waals surface area contributed by atoms with Gasteiger partial charge in [-0.25, -0.2) is 0 Å². The van der Waals surface area contributed by atoms with Crippen LogP contribution >= 0.6 is 11.6 Å². The third-order valence-corrected chi connectivity index (χ3v) is 3.51. The molecule has 23 heavy (non-hydrogen) atoms. The minimum Gasteiger partial charge on any atom is -0.385 e. The second kappa shape index (κ2) is 7.11. The first kappa shape index (κ1) is 15.3. The quantitative estimate of drug-likeness (QED) is 0.749. The number of aromatic nitrogens is 3. The molecule has 0 saturated heterocycles. The van der Waals surface area contributed by atoms with Crippen LogP contribution in [-0.4, -0.2) is 34.2 Å². The largest absolute Gasteiger partial charge is 0.385 e. The number of carbonyl (C=O) groups is 1. The summed E-state index contributed by atoms with van der Waals surface area (Å²) in [4.78, 5) is 18.4. The maximum atomic E-state index is 11.8. The standard InChI is InChI=1S/C16H15ClN4O2/c17-13-6-7-14-15(10-13)21(20-19-14)23-11-16(22)18-9-8-12-4-2-1-3-5-12/h1-7,10H,8-9,11H2,(H,18,22). The lowest BCUT2D eigenvalue weighted by atomic mass is 10.1. The number of nitrogens with zero attached hydrogens (tertiary/aromatic N) is 3. The Balaban J connectivity index is 1.49. The summed E-state index contributed by atoms with van der Waals surface area (Å²) in [6.45, 7) is 0.413. The lowest BCUT2D eigenvalue weighted by Gasteiger charge is -2.07. The minimum atomic E-state index is -0.216. The van der Waals surface area contributed by atoms with Crippen molar-refractivity contribution in [2.45, 2.75) is 6.42 Å². The van der Waals surface area contributed by atoms with Gasteiger partial charge >= 0.3 is 0 Å². The van der Waals surface area contributed by atoms with Gasteiger partial charge in [-0.1, -0.05) is 46.8 Å². The van der Waals surface area contributed by atoms with Crippen molar-refractivity contribution in [3.8, 4) is 0 Å². The fourth-order valence-electron chi connectivity index (χ4n) is 2.13. The van der Waals surface area contributed by atoms with Gasteiger partial charge < -0.3 is 10.2 Å². The molecule has 7 heteroatoms. The fourth-order valence-corrected chi connectivity index (χ4v) is 2.29. The number of hydrogen-bond acceptors (Lipinski definition) is 4. The fraction of sp³-hybridized carbons (Fsp3) is 0.188.